The van der Waals surface area contributed by atoms with Crippen LogP contribution in [0.3, 0.4) is 0 Å². The number of fused-ring (bicyclic) bond motifs is 1. The van der Waals surface area contributed by atoms with Crippen molar-refractivity contribution < 1.29 is 19.0 Å². The molecule has 2 aromatic heterocycles. The molecular weight excluding hydrogens is 358 g/mol. The predicted octanol–water partition coefficient (Wildman–Crippen LogP) is 1.79. The zero-order valence-electron chi connectivity index (χ0n) is 16.0. The number of aromatic nitrogens is 2. The van der Waals surface area contributed by atoms with Crippen LogP contribution < -0.4 is 4.74 Å². The van der Waals surface area contributed by atoms with Gasteiger partial charge >= 0.3 is 0 Å². The summed E-state index contributed by atoms with van der Waals surface area (Å²) in [6, 6.07) is 7.69. The number of aryl methyl sites for hydroxylation is 2. The molecule has 0 N–H and O–H groups in total. The highest BCUT2D eigenvalue weighted by Crippen LogP contribution is 2.23. The number of carbonyl (C=O) groups excluding carboxylic acids is 1. The van der Waals surface area contributed by atoms with Crippen molar-refractivity contribution >= 4 is 5.91 Å². The van der Waals surface area contributed by atoms with Gasteiger partial charge in [0.1, 0.15) is 24.1 Å². The molecule has 2 aromatic rings. The first-order valence-electron chi connectivity index (χ1n) is 9.66. The van der Waals surface area contributed by atoms with E-state index in [0.29, 0.717) is 44.9 Å². The van der Waals surface area contributed by atoms with Crippen molar-refractivity contribution in [3.05, 3.63) is 54.1 Å². The molecule has 0 unspecified atom stereocenters. The molecule has 7 nitrogen and oxygen atoms in total. The van der Waals surface area contributed by atoms with Crippen LogP contribution in [0, 0.1) is 6.92 Å². The Balaban J connectivity index is 1.25. The number of pyridine rings is 2. The van der Waals surface area contributed by atoms with E-state index in [1.807, 2.05) is 36.1 Å². The van der Waals surface area contributed by atoms with E-state index in [2.05, 4.69) is 9.97 Å². The molecule has 0 bridgehead atoms. The Labute approximate surface area is 164 Å². The van der Waals surface area contributed by atoms with E-state index < -0.39 is 0 Å². The minimum absolute atomic E-state index is 0.105. The number of hydrogen-bond acceptors (Lipinski definition) is 6. The first-order valence-corrected chi connectivity index (χ1v) is 9.66. The van der Waals surface area contributed by atoms with E-state index in [4.69, 9.17) is 14.2 Å². The van der Waals surface area contributed by atoms with Crippen molar-refractivity contribution in [3.63, 3.8) is 0 Å². The molecule has 2 saturated heterocycles. The maximum Gasteiger partial charge on any atom is 0.223 e. The third-order valence-corrected chi connectivity index (χ3v) is 5.10. The van der Waals surface area contributed by atoms with Crippen LogP contribution in [0.25, 0.3) is 0 Å². The molecule has 28 heavy (non-hydrogen) atoms. The lowest BCUT2D eigenvalue weighted by molar-refractivity contribution is -0.131. The van der Waals surface area contributed by atoms with Gasteiger partial charge in [-0.25, -0.2) is 0 Å². The minimum atomic E-state index is -0.176. The van der Waals surface area contributed by atoms with Crippen molar-refractivity contribution in [2.45, 2.75) is 38.1 Å². The number of ether oxygens (including phenoxy) is 3. The molecule has 0 radical (unpaired) electrons. The van der Waals surface area contributed by atoms with E-state index >= 15 is 0 Å². The van der Waals surface area contributed by atoms with E-state index in [1.165, 1.54) is 0 Å². The Kier molecular flexibility index (Phi) is 5.83. The van der Waals surface area contributed by atoms with Crippen LogP contribution in [0.2, 0.25) is 0 Å². The molecule has 2 fully saturated rings. The molecule has 4 rings (SSSR count). The zero-order chi connectivity index (χ0) is 19.3. The number of amides is 1. The highest BCUT2D eigenvalue weighted by molar-refractivity contribution is 5.77. The van der Waals surface area contributed by atoms with Crippen molar-refractivity contribution in [1.82, 2.24) is 14.9 Å². The van der Waals surface area contributed by atoms with Gasteiger partial charge in [-0.05, 0) is 37.1 Å². The molecular formula is C21H25N3O4. The molecule has 0 saturated carbocycles. The number of rotatable bonds is 5. The smallest absolute Gasteiger partial charge is 0.223 e. The van der Waals surface area contributed by atoms with Gasteiger partial charge in [0.25, 0.3) is 0 Å². The van der Waals surface area contributed by atoms with Crippen LogP contribution >= 0.6 is 0 Å². The van der Waals surface area contributed by atoms with E-state index in [0.717, 1.165) is 11.3 Å². The normalized spacial score (nSPS) is 22.5. The summed E-state index contributed by atoms with van der Waals surface area (Å²) in [7, 11) is 0. The van der Waals surface area contributed by atoms with Crippen LogP contribution in [-0.4, -0.2) is 65.4 Å². The van der Waals surface area contributed by atoms with E-state index in [1.54, 1.807) is 18.6 Å². The van der Waals surface area contributed by atoms with Gasteiger partial charge in [0.05, 0.1) is 19.4 Å². The monoisotopic (exact) mass is 383 g/mol. The van der Waals surface area contributed by atoms with Crippen LogP contribution in [0.1, 0.15) is 17.7 Å². The average Bonchev–Trinajstić information content (AvgIpc) is 3.05. The van der Waals surface area contributed by atoms with Crippen molar-refractivity contribution in [2.75, 3.05) is 26.3 Å². The summed E-state index contributed by atoms with van der Waals surface area (Å²) in [6.45, 7) is 3.94. The summed E-state index contributed by atoms with van der Waals surface area (Å²) >= 11 is 0. The van der Waals surface area contributed by atoms with Crippen molar-refractivity contribution in [3.8, 4) is 5.75 Å². The topological polar surface area (TPSA) is 73.8 Å². The first-order chi connectivity index (χ1) is 13.7. The van der Waals surface area contributed by atoms with Gasteiger partial charge in [0.2, 0.25) is 5.91 Å². The summed E-state index contributed by atoms with van der Waals surface area (Å²) in [4.78, 5) is 22.7. The highest BCUT2D eigenvalue weighted by atomic mass is 16.6. The molecule has 4 heterocycles. The number of likely N-dealkylation sites (tertiary alicyclic amines) is 1. The molecule has 2 atom stereocenters. The Bertz CT molecular complexity index is 768. The lowest BCUT2D eigenvalue weighted by Crippen LogP contribution is -2.33. The second-order valence-corrected chi connectivity index (χ2v) is 7.28. The average molecular weight is 383 g/mol. The third kappa shape index (κ3) is 4.66. The minimum Gasteiger partial charge on any atom is -0.484 e. The van der Waals surface area contributed by atoms with E-state index in [-0.39, 0.29) is 24.2 Å². The summed E-state index contributed by atoms with van der Waals surface area (Å²) < 4.78 is 17.9. The Morgan fingerprint density at radius 1 is 1.18 bits per heavy atom. The highest BCUT2D eigenvalue weighted by Gasteiger charge is 2.39. The second kappa shape index (κ2) is 8.67. The summed E-state index contributed by atoms with van der Waals surface area (Å²) in [6.07, 6.45) is 6.03. The van der Waals surface area contributed by atoms with Crippen LogP contribution in [-0.2, 0) is 20.7 Å². The third-order valence-electron chi connectivity index (χ3n) is 5.10. The molecule has 0 aliphatic carbocycles. The van der Waals surface area contributed by atoms with Gasteiger partial charge in [0.15, 0.2) is 0 Å². The first kappa shape index (κ1) is 18.8. The fourth-order valence-corrected chi connectivity index (χ4v) is 3.52. The molecule has 0 spiro atoms. The Morgan fingerprint density at radius 3 is 2.61 bits per heavy atom. The molecule has 148 valence electrons. The zero-order valence-corrected chi connectivity index (χ0v) is 16.0. The van der Waals surface area contributed by atoms with Gasteiger partial charge in [-0.2, -0.15) is 0 Å². The number of nitrogens with zero attached hydrogens (tertiary/aromatic N) is 3. The Hall–Kier alpha value is -2.51. The van der Waals surface area contributed by atoms with Crippen molar-refractivity contribution in [1.29, 1.82) is 0 Å². The summed E-state index contributed by atoms with van der Waals surface area (Å²) in [5, 5.41) is 0. The standard InChI is InChI=1S/C21H25N3O4/c1-15-4-6-17(10-23-15)28-18-13-26-19-11-24(12-20(19)27-14-18)21(25)7-5-16-3-2-8-22-9-16/h2-4,6,8-10,18-20H,5,7,11-14H2,1H3/t19-,20-/m0/s1. The van der Waals surface area contributed by atoms with Crippen LogP contribution in [0.4, 0.5) is 0 Å². The number of carbonyl (C=O) groups is 1. The maximum absolute atomic E-state index is 12.5. The fraction of sp³-hybridized carbons (Fsp3) is 0.476. The van der Waals surface area contributed by atoms with Gasteiger partial charge in [-0.15, -0.1) is 0 Å². The van der Waals surface area contributed by atoms with Crippen LogP contribution in [0.15, 0.2) is 42.9 Å². The molecule has 0 aromatic carbocycles. The maximum atomic E-state index is 12.5. The van der Waals surface area contributed by atoms with Crippen LogP contribution in [0.5, 0.6) is 5.75 Å². The second-order valence-electron chi connectivity index (χ2n) is 7.28. The summed E-state index contributed by atoms with van der Waals surface area (Å²) in [5.74, 6) is 0.838. The van der Waals surface area contributed by atoms with E-state index in [9.17, 15) is 4.79 Å². The van der Waals surface area contributed by atoms with Gasteiger partial charge < -0.3 is 19.1 Å². The Morgan fingerprint density at radius 2 is 1.96 bits per heavy atom. The van der Waals surface area contributed by atoms with Gasteiger partial charge in [0, 0.05) is 37.6 Å². The summed E-state index contributed by atoms with van der Waals surface area (Å²) in [5.41, 5.74) is 2.02. The lowest BCUT2D eigenvalue weighted by Gasteiger charge is -2.19. The fourth-order valence-electron chi connectivity index (χ4n) is 3.52. The van der Waals surface area contributed by atoms with Gasteiger partial charge in [-0.1, -0.05) is 6.07 Å². The predicted molar refractivity (Wildman–Crippen MR) is 102 cm³/mol. The van der Waals surface area contributed by atoms with Crippen molar-refractivity contribution in [2.24, 2.45) is 0 Å². The SMILES string of the molecule is Cc1ccc(OC2CO[C@H]3CN(C(=O)CCc4cccnc4)C[C@@H]3OC2)cn1. The molecule has 2 aliphatic rings. The number of hydrogen-bond donors (Lipinski definition) is 0. The molecule has 2 aliphatic heterocycles. The lowest BCUT2D eigenvalue weighted by atomic mass is 10.1. The molecule has 7 heteroatoms. The quantitative estimate of drug-likeness (QED) is 0.784. The molecule has 1 amide bonds. The van der Waals surface area contributed by atoms with Gasteiger partial charge in [-0.3, -0.25) is 14.8 Å². The largest absolute Gasteiger partial charge is 0.484 e.